The molecule has 0 bridgehead atoms. The van der Waals surface area contributed by atoms with Gasteiger partial charge in [0.1, 0.15) is 17.9 Å². The van der Waals surface area contributed by atoms with E-state index >= 15 is 0 Å². The van der Waals surface area contributed by atoms with Gasteiger partial charge in [0.25, 0.3) is 5.91 Å². The smallest absolute Gasteiger partial charge is 0.325 e. The second kappa shape index (κ2) is 6.73. The average molecular weight is 342 g/mol. The number of amides is 3. The molecule has 1 aromatic rings. The highest BCUT2D eigenvalue weighted by molar-refractivity contribution is 6.07. The molecule has 132 valence electrons. The predicted molar refractivity (Wildman–Crippen MR) is 91.0 cm³/mol. The number of hydrogen-bond donors (Lipinski definition) is 1. The summed E-state index contributed by atoms with van der Waals surface area (Å²) in [7, 11) is 0. The van der Waals surface area contributed by atoms with Crippen LogP contribution in [0.25, 0.3) is 0 Å². The van der Waals surface area contributed by atoms with Crippen LogP contribution in [0, 0.1) is 11.3 Å². The van der Waals surface area contributed by atoms with Gasteiger partial charge in [0.05, 0.1) is 11.6 Å². The largest absolute Gasteiger partial charge is 0.492 e. The van der Waals surface area contributed by atoms with E-state index in [4.69, 9.17) is 10.00 Å². The quantitative estimate of drug-likeness (QED) is 0.816. The third-order valence-electron chi connectivity index (χ3n) is 4.72. The van der Waals surface area contributed by atoms with E-state index in [1.54, 1.807) is 24.3 Å². The summed E-state index contributed by atoms with van der Waals surface area (Å²) in [5.41, 5.74) is -0.186. The summed E-state index contributed by atoms with van der Waals surface area (Å²) in [5, 5.41) is 11.7. The Morgan fingerprint density at radius 1 is 1.32 bits per heavy atom. The van der Waals surface area contributed by atoms with Gasteiger partial charge < -0.3 is 10.1 Å². The van der Waals surface area contributed by atoms with E-state index in [-0.39, 0.29) is 18.0 Å². The molecule has 2 aliphatic rings. The number of rotatable bonds is 5. The lowest BCUT2D eigenvalue weighted by atomic mass is 9.99. The van der Waals surface area contributed by atoms with E-state index in [1.807, 2.05) is 13.8 Å². The van der Waals surface area contributed by atoms with Crippen molar-refractivity contribution in [2.45, 2.75) is 31.8 Å². The monoisotopic (exact) mass is 342 g/mol. The van der Waals surface area contributed by atoms with Crippen molar-refractivity contribution in [2.75, 3.05) is 26.2 Å². The van der Waals surface area contributed by atoms with Crippen LogP contribution in [0.4, 0.5) is 4.79 Å². The van der Waals surface area contributed by atoms with Gasteiger partial charge in [0, 0.05) is 25.7 Å². The molecule has 0 unspecified atom stereocenters. The first kappa shape index (κ1) is 17.2. The fourth-order valence-corrected chi connectivity index (χ4v) is 3.38. The molecule has 0 aromatic heterocycles. The molecule has 1 spiro atoms. The van der Waals surface area contributed by atoms with E-state index in [0.717, 1.165) is 6.54 Å². The maximum atomic E-state index is 12.6. The van der Waals surface area contributed by atoms with Crippen LogP contribution >= 0.6 is 0 Å². The molecular weight excluding hydrogens is 320 g/mol. The lowest BCUT2D eigenvalue weighted by Gasteiger charge is -2.23. The summed E-state index contributed by atoms with van der Waals surface area (Å²) >= 11 is 0. The van der Waals surface area contributed by atoms with Gasteiger partial charge in [-0.15, -0.1) is 0 Å². The van der Waals surface area contributed by atoms with Crippen molar-refractivity contribution in [2.24, 2.45) is 0 Å². The molecule has 2 aliphatic heterocycles. The maximum Gasteiger partial charge on any atom is 0.325 e. The first-order valence-corrected chi connectivity index (χ1v) is 8.46. The number of benzene rings is 1. The number of ether oxygens (including phenoxy) is 1. The molecule has 1 N–H and O–H groups in total. The Hall–Kier alpha value is -2.59. The van der Waals surface area contributed by atoms with Crippen LogP contribution in [0.5, 0.6) is 5.75 Å². The third kappa shape index (κ3) is 3.30. The van der Waals surface area contributed by atoms with E-state index in [0.29, 0.717) is 37.4 Å². The predicted octanol–water partition coefficient (Wildman–Crippen LogP) is 1.34. The number of urea groups is 1. The Morgan fingerprint density at radius 2 is 2.04 bits per heavy atom. The number of imide groups is 1. The lowest BCUT2D eigenvalue weighted by Crippen LogP contribution is -2.49. The van der Waals surface area contributed by atoms with E-state index < -0.39 is 5.54 Å². The fourth-order valence-electron chi connectivity index (χ4n) is 3.38. The second-order valence-electron chi connectivity index (χ2n) is 6.79. The Balaban J connectivity index is 1.52. The topological polar surface area (TPSA) is 85.7 Å². The van der Waals surface area contributed by atoms with Gasteiger partial charge in [-0.05, 0) is 44.5 Å². The van der Waals surface area contributed by atoms with Gasteiger partial charge in [-0.1, -0.05) is 0 Å². The van der Waals surface area contributed by atoms with Crippen LogP contribution in [0.1, 0.15) is 25.8 Å². The number of nitriles is 1. The van der Waals surface area contributed by atoms with Gasteiger partial charge in [-0.2, -0.15) is 5.26 Å². The Morgan fingerprint density at radius 3 is 2.64 bits per heavy atom. The van der Waals surface area contributed by atoms with Gasteiger partial charge >= 0.3 is 6.03 Å². The Kier molecular flexibility index (Phi) is 4.64. The second-order valence-corrected chi connectivity index (χ2v) is 6.79. The fraction of sp³-hybridized carbons (Fsp3) is 0.500. The van der Waals surface area contributed by atoms with Crippen molar-refractivity contribution in [3.05, 3.63) is 29.8 Å². The number of nitrogens with zero attached hydrogens (tertiary/aromatic N) is 3. The average Bonchev–Trinajstić information content (AvgIpc) is 3.09. The third-order valence-corrected chi connectivity index (χ3v) is 4.72. The zero-order valence-electron chi connectivity index (χ0n) is 14.5. The van der Waals surface area contributed by atoms with Gasteiger partial charge in [0.15, 0.2) is 0 Å². The summed E-state index contributed by atoms with van der Waals surface area (Å²) in [5.74, 6) is 0.590. The van der Waals surface area contributed by atoms with Crippen molar-refractivity contribution in [1.82, 2.24) is 15.1 Å². The van der Waals surface area contributed by atoms with Crippen molar-refractivity contribution in [3.8, 4) is 11.8 Å². The Bertz CT molecular complexity index is 710. The van der Waals surface area contributed by atoms with E-state index in [2.05, 4.69) is 16.3 Å². The normalized spacial score (nSPS) is 23.4. The molecule has 2 saturated heterocycles. The summed E-state index contributed by atoms with van der Waals surface area (Å²) in [6.07, 6.45) is 0.623. The number of carbonyl (C=O) groups is 2. The van der Waals surface area contributed by atoms with Crippen LogP contribution in [0.3, 0.4) is 0 Å². The molecule has 2 fully saturated rings. The maximum absolute atomic E-state index is 12.6. The summed E-state index contributed by atoms with van der Waals surface area (Å²) in [6.45, 7) is 6.10. The minimum Gasteiger partial charge on any atom is -0.492 e. The summed E-state index contributed by atoms with van der Waals surface area (Å²) < 4.78 is 5.69. The minimum absolute atomic E-state index is 0.122. The van der Waals surface area contributed by atoms with Crippen molar-refractivity contribution in [1.29, 1.82) is 5.26 Å². The van der Waals surface area contributed by atoms with E-state index in [1.165, 1.54) is 4.90 Å². The standard InChI is InChI=1S/C18H22N4O3/c1-13(2)22-16(23)18(20-17(22)24)7-8-21(12-18)9-10-25-15-5-3-14(11-19)4-6-15/h3-6,13H,7-10,12H2,1-2H3,(H,20,24)/t18-/m1/s1. The van der Waals surface area contributed by atoms with Crippen LogP contribution in [0.15, 0.2) is 24.3 Å². The number of likely N-dealkylation sites (tertiary alicyclic amines) is 1. The zero-order chi connectivity index (χ0) is 18.0. The molecule has 3 rings (SSSR count). The molecule has 7 heteroatoms. The number of carbonyl (C=O) groups excluding carboxylic acids is 2. The molecule has 3 amide bonds. The van der Waals surface area contributed by atoms with Crippen molar-refractivity contribution < 1.29 is 14.3 Å². The van der Waals surface area contributed by atoms with Gasteiger partial charge in [-0.3, -0.25) is 14.6 Å². The molecule has 1 aromatic carbocycles. The molecule has 25 heavy (non-hydrogen) atoms. The van der Waals surface area contributed by atoms with Crippen LogP contribution in [-0.2, 0) is 4.79 Å². The summed E-state index contributed by atoms with van der Waals surface area (Å²) in [4.78, 5) is 28.2. The number of hydrogen-bond acceptors (Lipinski definition) is 5. The molecule has 2 heterocycles. The minimum atomic E-state index is -0.782. The summed E-state index contributed by atoms with van der Waals surface area (Å²) in [6, 6.07) is 8.60. The highest BCUT2D eigenvalue weighted by Gasteiger charge is 2.55. The Labute approximate surface area is 147 Å². The molecule has 0 saturated carbocycles. The van der Waals surface area contributed by atoms with Crippen molar-refractivity contribution >= 4 is 11.9 Å². The van der Waals surface area contributed by atoms with E-state index in [9.17, 15) is 9.59 Å². The van der Waals surface area contributed by atoms with Gasteiger partial charge in [-0.25, -0.2) is 4.79 Å². The highest BCUT2D eigenvalue weighted by atomic mass is 16.5. The SMILES string of the molecule is CC(C)N1C(=O)N[C@@]2(CCN(CCOc3ccc(C#N)cc3)C2)C1=O. The van der Waals surface area contributed by atoms with Crippen molar-refractivity contribution in [3.63, 3.8) is 0 Å². The molecule has 1 atom stereocenters. The zero-order valence-corrected chi connectivity index (χ0v) is 14.5. The highest BCUT2D eigenvalue weighted by Crippen LogP contribution is 2.29. The van der Waals surface area contributed by atoms with Crippen LogP contribution < -0.4 is 10.1 Å². The molecule has 0 radical (unpaired) electrons. The molecule has 0 aliphatic carbocycles. The van der Waals surface area contributed by atoms with Gasteiger partial charge in [0.2, 0.25) is 0 Å². The lowest BCUT2D eigenvalue weighted by molar-refractivity contribution is -0.132. The molecule has 7 nitrogen and oxygen atoms in total. The first-order chi connectivity index (χ1) is 11.9. The molecular formula is C18H22N4O3. The van der Waals surface area contributed by atoms with Crippen LogP contribution in [0.2, 0.25) is 0 Å². The van der Waals surface area contributed by atoms with Crippen LogP contribution in [-0.4, -0.2) is 59.6 Å². The number of nitrogens with one attached hydrogen (secondary N) is 1. The first-order valence-electron chi connectivity index (χ1n) is 8.46.